The summed E-state index contributed by atoms with van der Waals surface area (Å²) < 4.78 is 5.40. The van der Waals surface area contributed by atoms with Gasteiger partial charge in [-0.25, -0.2) is 0 Å². The van der Waals surface area contributed by atoms with Crippen LogP contribution in [0.3, 0.4) is 0 Å². The van der Waals surface area contributed by atoms with Crippen LogP contribution in [0, 0.1) is 5.41 Å². The van der Waals surface area contributed by atoms with Gasteiger partial charge in [0.25, 0.3) is 0 Å². The van der Waals surface area contributed by atoms with E-state index in [0.717, 1.165) is 18.7 Å². The number of benzene rings is 1. The molecule has 0 radical (unpaired) electrons. The predicted octanol–water partition coefficient (Wildman–Crippen LogP) is 3.41. The van der Waals surface area contributed by atoms with Gasteiger partial charge in [-0.2, -0.15) is 0 Å². The Hall–Kier alpha value is -1.02. The second kappa shape index (κ2) is 5.75. The fourth-order valence-electron chi connectivity index (χ4n) is 2.65. The molecule has 0 bridgehead atoms. The molecule has 0 heterocycles. The molecule has 0 aromatic heterocycles. The fraction of sp³-hybridized carbons (Fsp3) is 0.625. The lowest BCUT2D eigenvalue weighted by atomic mass is 9.70. The van der Waals surface area contributed by atoms with E-state index in [0.29, 0.717) is 11.5 Å². The van der Waals surface area contributed by atoms with E-state index in [1.165, 1.54) is 24.8 Å². The molecule has 1 unspecified atom stereocenters. The van der Waals surface area contributed by atoms with Gasteiger partial charge in [0, 0.05) is 12.6 Å². The Balaban J connectivity index is 1.84. The summed E-state index contributed by atoms with van der Waals surface area (Å²) in [5.74, 6) is 1.00. The van der Waals surface area contributed by atoms with Crippen molar-refractivity contribution in [2.45, 2.75) is 45.6 Å². The first-order valence-corrected chi connectivity index (χ1v) is 6.98. The normalized spacial score (nSPS) is 19.1. The molecule has 0 aliphatic heterocycles. The molecule has 2 rings (SSSR count). The van der Waals surface area contributed by atoms with Crippen LogP contribution in [-0.2, 0) is 6.42 Å². The third-order valence-electron chi connectivity index (χ3n) is 4.16. The Labute approximate surface area is 111 Å². The van der Waals surface area contributed by atoms with E-state index < -0.39 is 0 Å². The molecule has 2 heteroatoms. The second-order valence-corrected chi connectivity index (χ2v) is 5.96. The Morgan fingerprint density at radius 2 is 2.06 bits per heavy atom. The molecule has 1 aliphatic carbocycles. The maximum Gasteiger partial charge on any atom is 0.122 e. The summed E-state index contributed by atoms with van der Waals surface area (Å²) in [6.07, 6.45) is 5.18. The molecule has 1 fully saturated rings. The smallest absolute Gasteiger partial charge is 0.122 e. The summed E-state index contributed by atoms with van der Waals surface area (Å²) in [7, 11) is 1.74. The first-order valence-electron chi connectivity index (χ1n) is 6.98. The number of para-hydroxylation sites is 1. The SMILES string of the molecule is COc1ccccc1CC(C)NCC1(C)CCC1. The van der Waals surface area contributed by atoms with Gasteiger partial charge in [-0.05, 0) is 43.2 Å². The molecule has 1 N–H and O–H groups in total. The van der Waals surface area contributed by atoms with Crippen molar-refractivity contribution < 1.29 is 4.74 Å². The highest BCUT2D eigenvalue weighted by atomic mass is 16.5. The summed E-state index contributed by atoms with van der Waals surface area (Å²) in [6.45, 7) is 5.79. The van der Waals surface area contributed by atoms with Crippen LogP contribution < -0.4 is 10.1 Å². The lowest BCUT2D eigenvalue weighted by Crippen LogP contribution is -2.41. The first-order chi connectivity index (χ1) is 8.63. The van der Waals surface area contributed by atoms with Gasteiger partial charge in [-0.3, -0.25) is 0 Å². The summed E-state index contributed by atoms with van der Waals surface area (Å²) in [6, 6.07) is 8.80. The van der Waals surface area contributed by atoms with E-state index in [4.69, 9.17) is 4.74 Å². The van der Waals surface area contributed by atoms with Crippen LogP contribution in [0.25, 0.3) is 0 Å². The van der Waals surface area contributed by atoms with E-state index in [2.05, 4.69) is 31.3 Å². The molecule has 100 valence electrons. The van der Waals surface area contributed by atoms with Crippen molar-refractivity contribution in [3.63, 3.8) is 0 Å². The summed E-state index contributed by atoms with van der Waals surface area (Å²) in [4.78, 5) is 0. The molecule has 0 saturated heterocycles. The topological polar surface area (TPSA) is 21.3 Å². The number of hydrogen-bond acceptors (Lipinski definition) is 2. The Kier molecular flexibility index (Phi) is 4.28. The van der Waals surface area contributed by atoms with Crippen molar-refractivity contribution in [1.82, 2.24) is 5.32 Å². The van der Waals surface area contributed by atoms with Crippen LogP contribution in [-0.4, -0.2) is 19.7 Å². The predicted molar refractivity (Wildman–Crippen MR) is 76.1 cm³/mol. The molecule has 0 spiro atoms. The minimum Gasteiger partial charge on any atom is -0.496 e. The summed E-state index contributed by atoms with van der Waals surface area (Å²) in [5.41, 5.74) is 1.84. The van der Waals surface area contributed by atoms with E-state index in [-0.39, 0.29) is 0 Å². The van der Waals surface area contributed by atoms with Crippen LogP contribution in [0.5, 0.6) is 5.75 Å². The molecular weight excluding hydrogens is 222 g/mol. The third-order valence-corrected chi connectivity index (χ3v) is 4.16. The Morgan fingerprint density at radius 3 is 2.67 bits per heavy atom. The monoisotopic (exact) mass is 247 g/mol. The standard InChI is InChI=1S/C16H25NO/c1-13(17-12-16(2)9-6-10-16)11-14-7-4-5-8-15(14)18-3/h4-5,7-8,13,17H,6,9-12H2,1-3H3. The zero-order valence-electron chi connectivity index (χ0n) is 11.8. The van der Waals surface area contributed by atoms with E-state index >= 15 is 0 Å². The lowest BCUT2D eigenvalue weighted by Gasteiger charge is -2.39. The van der Waals surface area contributed by atoms with E-state index in [1.54, 1.807) is 7.11 Å². The van der Waals surface area contributed by atoms with Gasteiger partial charge in [0.2, 0.25) is 0 Å². The second-order valence-electron chi connectivity index (χ2n) is 5.96. The number of nitrogens with one attached hydrogen (secondary N) is 1. The zero-order valence-corrected chi connectivity index (χ0v) is 11.8. The fourth-order valence-corrected chi connectivity index (χ4v) is 2.65. The van der Waals surface area contributed by atoms with Crippen molar-refractivity contribution in [1.29, 1.82) is 0 Å². The van der Waals surface area contributed by atoms with Crippen molar-refractivity contribution in [2.24, 2.45) is 5.41 Å². The van der Waals surface area contributed by atoms with Gasteiger partial charge in [0.05, 0.1) is 7.11 Å². The van der Waals surface area contributed by atoms with E-state index in [9.17, 15) is 0 Å². The largest absolute Gasteiger partial charge is 0.496 e. The maximum absolute atomic E-state index is 5.40. The van der Waals surface area contributed by atoms with Crippen LogP contribution in [0.1, 0.15) is 38.7 Å². The third kappa shape index (κ3) is 3.26. The van der Waals surface area contributed by atoms with E-state index in [1.807, 2.05) is 12.1 Å². The molecule has 1 aromatic carbocycles. The molecule has 2 nitrogen and oxygen atoms in total. The maximum atomic E-state index is 5.40. The average Bonchev–Trinajstić information content (AvgIpc) is 2.35. The van der Waals surface area contributed by atoms with Crippen molar-refractivity contribution in [2.75, 3.05) is 13.7 Å². The van der Waals surface area contributed by atoms with Crippen LogP contribution in [0.2, 0.25) is 0 Å². The van der Waals surface area contributed by atoms with Gasteiger partial charge >= 0.3 is 0 Å². The van der Waals surface area contributed by atoms with Gasteiger partial charge in [-0.1, -0.05) is 31.5 Å². The summed E-state index contributed by atoms with van der Waals surface area (Å²) in [5, 5.41) is 3.67. The molecular formula is C16H25NO. The number of methoxy groups -OCH3 is 1. The number of rotatable bonds is 6. The molecule has 0 amide bonds. The minimum absolute atomic E-state index is 0.499. The first kappa shape index (κ1) is 13.4. The van der Waals surface area contributed by atoms with Crippen LogP contribution in [0.4, 0.5) is 0 Å². The summed E-state index contributed by atoms with van der Waals surface area (Å²) >= 11 is 0. The van der Waals surface area contributed by atoms with Gasteiger partial charge < -0.3 is 10.1 Å². The molecule has 1 aromatic rings. The zero-order chi connectivity index (χ0) is 13.0. The molecule has 1 saturated carbocycles. The minimum atomic E-state index is 0.499. The average molecular weight is 247 g/mol. The highest BCUT2D eigenvalue weighted by Gasteiger charge is 2.31. The van der Waals surface area contributed by atoms with Crippen molar-refractivity contribution >= 4 is 0 Å². The van der Waals surface area contributed by atoms with Crippen LogP contribution >= 0.6 is 0 Å². The lowest BCUT2D eigenvalue weighted by molar-refractivity contribution is 0.152. The highest BCUT2D eigenvalue weighted by molar-refractivity contribution is 5.33. The number of ether oxygens (including phenoxy) is 1. The quantitative estimate of drug-likeness (QED) is 0.832. The van der Waals surface area contributed by atoms with Gasteiger partial charge in [-0.15, -0.1) is 0 Å². The van der Waals surface area contributed by atoms with Crippen LogP contribution in [0.15, 0.2) is 24.3 Å². The van der Waals surface area contributed by atoms with Gasteiger partial charge in [0.15, 0.2) is 0 Å². The number of hydrogen-bond donors (Lipinski definition) is 1. The molecule has 18 heavy (non-hydrogen) atoms. The molecule has 1 atom stereocenters. The highest BCUT2D eigenvalue weighted by Crippen LogP contribution is 2.39. The Morgan fingerprint density at radius 1 is 1.33 bits per heavy atom. The Bertz CT molecular complexity index is 384. The molecule has 1 aliphatic rings. The van der Waals surface area contributed by atoms with Crippen molar-refractivity contribution in [3.8, 4) is 5.75 Å². The van der Waals surface area contributed by atoms with Gasteiger partial charge in [0.1, 0.15) is 5.75 Å². The van der Waals surface area contributed by atoms with Crippen molar-refractivity contribution in [3.05, 3.63) is 29.8 Å².